The summed E-state index contributed by atoms with van der Waals surface area (Å²) in [6.07, 6.45) is 2.91. The lowest BCUT2D eigenvalue weighted by atomic mass is 10.1. The second-order valence-electron chi connectivity index (χ2n) is 7.33. The molecule has 1 N–H and O–H groups in total. The van der Waals surface area contributed by atoms with Gasteiger partial charge in [0.2, 0.25) is 0 Å². The van der Waals surface area contributed by atoms with E-state index in [9.17, 15) is 14.9 Å². The molecule has 34 heavy (non-hydrogen) atoms. The predicted molar refractivity (Wildman–Crippen MR) is 124 cm³/mol. The van der Waals surface area contributed by atoms with Crippen LogP contribution in [-0.4, -0.2) is 25.6 Å². The Morgan fingerprint density at radius 3 is 2.50 bits per heavy atom. The molecule has 0 saturated carbocycles. The summed E-state index contributed by atoms with van der Waals surface area (Å²) in [5.41, 5.74) is 2.26. The Hall–Kier alpha value is -4.51. The lowest BCUT2D eigenvalue weighted by Gasteiger charge is -2.13. The van der Waals surface area contributed by atoms with Crippen LogP contribution in [0, 0.1) is 25.2 Å². The van der Waals surface area contributed by atoms with Crippen molar-refractivity contribution in [2.45, 2.75) is 20.4 Å². The van der Waals surface area contributed by atoms with Gasteiger partial charge in [-0.05, 0) is 60.9 Å². The number of hydrogen-bond donors (Lipinski definition) is 1. The SMILES string of the molecule is COc1cc(/C=C(\C#N)C(=O)NCc2ccco2)ccc1OC(=O)COc1c(C)cccc1C. The molecule has 1 heterocycles. The van der Waals surface area contributed by atoms with Gasteiger partial charge < -0.3 is 23.9 Å². The molecule has 0 atom stereocenters. The van der Waals surface area contributed by atoms with Gasteiger partial charge in [-0.2, -0.15) is 5.26 Å². The third kappa shape index (κ3) is 6.26. The molecule has 0 fully saturated rings. The Bertz CT molecular complexity index is 1220. The monoisotopic (exact) mass is 460 g/mol. The molecule has 174 valence electrons. The van der Waals surface area contributed by atoms with Crippen molar-refractivity contribution in [3.63, 3.8) is 0 Å². The highest BCUT2D eigenvalue weighted by Gasteiger charge is 2.14. The molecule has 3 rings (SSSR count). The first-order chi connectivity index (χ1) is 16.4. The normalized spacial score (nSPS) is 10.8. The number of nitriles is 1. The second kappa shape index (κ2) is 11.4. The summed E-state index contributed by atoms with van der Waals surface area (Å²) in [6, 6.07) is 15.7. The minimum Gasteiger partial charge on any atom is -0.493 e. The third-order valence-corrected chi connectivity index (χ3v) is 4.83. The highest BCUT2D eigenvalue weighted by molar-refractivity contribution is 6.01. The molecule has 0 aliphatic rings. The Morgan fingerprint density at radius 2 is 1.85 bits per heavy atom. The van der Waals surface area contributed by atoms with E-state index in [1.54, 1.807) is 24.3 Å². The van der Waals surface area contributed by atoms with Gasteiger partial charge in [0.1, 0.15) is 23.2 Å². The second-order valence-corrected chi connectivity index (χ2v) is 7.33. The van der Waals surface area contributed by atoms with Crippen LogP contribution in [0.15, 0.2) is 64.8 Å². The largest absolute Gasteiger partial charge is 0.493 e. The topological polar surface area (TPSA) is 111 Å². The summed E-state index contributed by atoms with van der Waals surface area (Å²) in [5, 5.41) is 12.0. The number of methoxy groups -OCH3 is 1. The van der Waals surface area contributed by atoms with E-state index >= 15 is 0 Å². The maximum absolute atomic E-state index is 12.3. The summed E-state index contributed by atoms with van der Waals surface area (Å²) in [4.78, 5) is 24.6. The zero-order valence-electron chi connectivity index (χ0n) is 19.1. The minimum atomic E-state index is -0.598. The van der Waals surface area contributed by atoms with Gasteiger partial charge in [-0.25, -0.2) is 4.79 Å². The average molecular weight is 460 g/mol. The maximum Gasteiger partial charge on any atom is 0.349 e. The molecule has 0 aliphatic carbocycles. The Balaban J connectivity index is 1.66. The van der Waals surface area contributed by atoms with Gasteiger partial charge >= 0.3 is 5.97 Å². The van der Waals surface area contributed by atoms with E-state index in [0.717, 1.165) is 11.1 Å². The third-order valence-electron chi connectivity index (χ3n) is 4.83. The fourth-order valence-corrected chi connectivity index (χ4v) is 3.16. The summed E-state index contributed by atoms with van der Waals surface area (Å²) in [6.45, 7) is 3.68. The molecule has 0 radical (unpaired) electrons. The first kappa shape index (κ1) is 24.1. The number of aryl methyl sites for hydroxylation is 2. The molecule has 0 spiro atoms. The van der Waals surface area contributed by atoms with Crippen molar-refractivity contribution in [3.8, 4) is 23.3 Å². The number of nitrogens with zero attached hydrogens (tertiary/aromatic N) is 1. The number of furan rings is 1. The van der Waals surface area contributed by atoms with E-state index in [1.165, 1.54) is 25.5 Å². The van der Waals surface area contributed by atoms with Crippen LogP contribution in [0.4, 0.5) is 0 Å². The summed E-state index contributed by atoms with van der Waals surface area (Å²) in [5.74, 6) is 0.524. The molecule has 3 aromatic rings. The maximum atomic E-state index is 12.3. The first-order valence-electron chi connectivity index (χ1n) is 10.4. The number of rotatable bonds is 9. The first-order valence-corrected chi connectivity index (χ1v) is 10.4. The number of carbonyl (C=O) groups excluding carboxylic acids is 2. The van der Waals surface area contributed by atoms with Crippen molar-refractivity contribution in [1.82, 2.24) is 5.32 Å². The van der Waals surface area contributed by atoms with Crippen molar-refractivity contribution in [3.05, 3.63) is 82.8 Å². The van der Waals surface area contributed by atoms with Gasteiger partial charge in [-0.15, -0.1) is 0 Å². The fraction of sp³-hybridized carbons (Fsp3) is 0.192. The van der Waals surface area contributed by atoms with Gasteiger partial charge in [-0.1, -0.05) is 24.3 Å². The molecule has 0 saturated heterocycles. The zero-order chi connectivity index (χ0) is 24.5. The van der Waals surface area contributed by atoms with E-state index in [4.69, 9.17) is 18.6 Å². The van der Waals surface area contributed by atoms with Crippen molar-refractivity contribution in [2.75, 3.05) is 13.7 Å². The quantitative estimate of drug-likeness (QED) is 0.221. The summed E-state index contributed by atoms with van der Waals surface area (Å²) < 4.78 is 21.5. The number of esters is 1. The van der Waals surface area contributed by atoms with Gasteiger partial charge in [0.25, 0.3) is 5.91 Å². The van der Waals surface area contributed by atoms with Crippen molar-refractivity contribution >= 4 is 18.0 Å². The van der Waals surface area contributed by atoms with E-state index in [-0.39, 0.29) is 30.2 Å². The van der Waals surface area contributed by atoms with Gasteiger partial charge in [0, 0.05) is 0 Å². The van der Waals surface area contributed by atoms with Crippen LogP contribution < -0.4 is 19.5 Å². The molecule has 2 aromatic carbocycles. The van der Waals surface area contributed by atoms with Gasteiger partial charge in [0.05, 0.1) is 19.9 Å². The number of carbonyl (C=O) groups is 2. The number of ether oxygens (including phenoxy) is 3. The van der Waals surface area contributed by atoms with Crippen LogP contribution >= 0.6 is 0 Å². The molecule has 0 aliphatic heterocycles. The Kier molecular flexibility index (Phi) is 8.08. The molecule has 0 unspecified atom stereocenters. The van der Waals surface area contributed by atoms with Crippen molar-refractivity contribution in [1.29, 1.82) is 5.26 Å². The molecule has 1 aromatic heterocycles. The molecule has 8 nitrogen and oxygen atoms in total. The van der Waals surface area contributed by atoms with Crippen LogP contribution in [0.5, 0.6) is 17.2 Å². The minimum absolute atomic E-state index is 0.0969. The van der Waals surface area contributed by atoms with Crippen LogP contribution in [0.2, 0.25) is 0 Å². The lowest BCUT2D eigenvalue weighted by Crippen LogP contribution is -2.23. The molecular formula is C26H24N2O6. The summed E-state index contributed by atoms with van der Waals surface area (Å²) in [7, 11) is 1.43. The van der Waals surface area contributed by atoms with E-state index in [1.807, 2.05) is 38.1 Å². The predicted octanol–water partition coefficient (Wildman–Crippen LogP) is 4.11. The Labute approximate surface area is 197 Å². The zero-order valence-corrected chi connectivity index (χ0v) is 19.1. The summed E-state index contributed by atoms with van der Waals surface area (Å²) >= 11 is 0. The van der Waals surface area contributed by atoms with Gasteiger partial charge in [-0.3, -0.25) is 4.79 Å². The van der Waals surface area contributed by atoms with Crippen LogP contribution in [0.25, 0.3) is 6.08 Å². The van der Waals surface area contributed by atoms with E-state index < -0.39 is 11.9 Å². The van der Waals surface area contributed by atoms with Crippen LogP contribution in [0.3, 0.4) is 0 Å². The van der Waals surface area contributed by atoms with Crippen LogP contribution in [0.1, 0.15) is 22.5 Å². The molecular weight excluding hydrogens is 436 g/mol. The number of benzene rings is 2. The highest BCUT2D eigenvalue weighted by atomic mass is 16.6. The van der Waals surface area contributed by atoms with Crippen molar-refractivity contribution in [2.24, 2.45) is 0 Å². The van der Waals surface area contributed by atoms with Gasteiger partial charge in [0.15, 0.2) is 18.1 Å². The molecule has 8 heteroatoms. The lowest BCUT2D eigenvalue weighted by molar-refractivity contribution is -0.136. The molecule has 1 amide bonds. The van der Waals surface area contributed by atoms with Crippen molar-refractivity contribution < 1.29 is 28.2 Å². The average Bonchev–Trinajstić information content (AvgIpc) is 3.35. The number of nitrogens with one attached hydrogen (secondary N) is 1. The molecule has 0 bridgehead atoms. The van der Waals surface area contributed by atoms with Crippen LogP contribution in [-0.2, 0) is 16.1 Å². The highest BCUT2D eigenvalue weighted by Crippen LogP contribution is 2.29. The van der Waals surface area contributed by atoms with E-state index in [2.05, 4.69) is 5.32 Å². The fourth-order valence-electron chi connectivity index (χ4n) is 3.16. The Morgan fingerprint density at radius 1 is 1.09 bits per heavy atom. The standard InChI is InChI=1S/C26H24N2O6/c1-17-6-4-7-18(2)25(17)33-16-24(29)34-22-10-9-19(13-23(22)31-3)12-20(14-27)26(30)28-15-21-8-5-11-32-21/h4-13H,15-16H2,1-3H3,(H,28,30)/b20-12+. The smallest absolute Gasteiger partial charge is 0.349 e. The number of amides is 1. The number of para-hydroxylation sites is 1. The van der Waals surface area contributed by atoms with E-state index in [0.29, 0.717) is 17.1 Å². The number of hydrogen-bond acceptors (Lipinski definition) is 7.